The van der Waals surface area contributed by atoms with Crippen LogP contribution in [0.4, 0.5) is 11.4 Å². The Morgan fingerprint density at radius 1 is 0.897 bits per heavy atom. The van der Waals surface area contributed by atoms with Crippen LogP contribution in [0.15, 0.2) is 53.6 Å². The van der Waals surface area contributed by atoms with Gasteiger partial charge in [0.15, 0.2) is 0 Å². The molecule has 2 amide bonds. The molecule has 0 atom stereocenters. The Morgan fingerprint density at radius 3 is 2.34 bits per heavy atom. The number of hydrogen-bond donors (Lipinski definition) is 0. The SMILES string of the molecule is Cc1cccc(N2CCN(C(=O)C3=NN(c4ccccc4)C(=O)CC3)CC2)c1C. The van der Waals surface area contributed by atoms with Crippen LogP contribution in [0.5, 0.6) is 0 Å². The molecule has 2 aliphatic heterocycles. The van der Waals surface area contributed by atoms with Gasteiger partial charge in [0.1, 0.15) is 5.71 Å². The van der Waals surface area contributed by atoms with Crippen molar-refractivity contribution in [2.45, 2.75) is 26.7 Å². The fraction of sp³-hybridized carbons (Fsp3) is 0.348. The summed E-state index contributed by atoms with van der Waals surface area (Å²) in [6.07, 6.45) is 0.708. The number of rotatable bonds is 3. The van der Waals surface area contributed by atoms with Crippen LogP contribution in [0.3, 0.4) is 0 Å². The maximum absolute atomic E-state index is 13.0. The Hall–Kier alpha value is -3.15. The molecule has 0 aliphatic carbocycles. The summed E-state index contributed by atoms with van der Waals surface area (Å²) in [6, 6.07) is 15.6. The van der Waals surface area contributed by atoms with Gasteiger partial charge in [0.2, 0.25) is 5.91 Å². The van der Waals surface area contributed by atoms with Gasteiger partial charge in [-0.3, -0.25) is 9.59 Å². The largest absolute Gasteiger partial charge is 0.368 e. The van der Waals surface area contributed by atoms with E-state index >= 15 is 0 Å². The molecule has 2 aromatic rings. The number of piperazine rings is 1. The van der Waals surface area contributed by atoms with E-state index in [-0.39, 0.29) is 11.8 Å². The van der Waals surface area contributed by atoms with Gasteiger partial charge in [-0.1, -0.05) is 30.3 Å². The second-order valence-electron chi connectivity index (χ2n) is 7.59. The molecule has 0 unspecified atom stereocenters. The third-order valence-corrected chi connectivity index (χ3v) is 5.76. The number of para-hydroxylation sites is 1. The predicted octanol–water partition coefficient (Wildman–Crippen LogP) is 3.14. The van der Waals surface area contributed by atoms with Gasteiger partial charge in [-0.2, -0.15) is 5.10 Å². The van der Waals surface area contributed by atoms with E-state index in [9.17, 15) is 9.59 Å². The van der Waals surface area contributed by atoms with Crippen molar-refractivity contribution in [1.29, 1.82) is 0 Å². The molecule has 2 aliphatic rings. The molecule has 2 aromatic carbocycles. The Balaban J connectivity index is 1.45. The molecular formula is C23H26N4O2. The fourth-order valence-electron chi connectivity index (χ4n) is 3.89. The zero-order chi connectivity index (χ0) is 20.4. The van der Waals surface area contributed by atoms with E-state index in [1.54, 1.807) is 0 Å². The van der Waals surface area contributed by atoms with Crippen LogP contribution in [-0.4, -0.2) is 48.6 Å². The van der Waals surface area contributed by atoms with E-state index in [1.807, 2.05) is 35.2 Å². The first kappa shape index (κ1) is 19.2. The molecule has 1 saturated heterocycles. The van der Waals surface area contributed by atoms with Crippen molar-refractivity contribution in [3.05, 3.63) is 59.7 Å². The summed E-state index contributed by atoms with van der Waals surface area (Å²) in [5, 5.41) is 5.77. The van der Waals surface area contributed by atoms with E-state index in [0.29, 0.717) is 37.3 Å². The summed E-state index contributed by atoms with van der Waals surface area (Å²) in [5.41, 5.74) is 4.98. The van der Waals surface area contributed by atoms with Crippen molar-refractivity contribution in [3.8, 4) is 0 Å². The Labute approximate surface area is 171 Å². The molecule has 1 fully saturated rings. The lowest BCUT2D eigenvalue weighted by atomic mass is 10.1. The van der Waals surface area contributed by atoms with Crippen molar-refractivity contribution in [3.63, 3.8) is 0 Å². The first-order valence-corrected chi connectivity index (χ1v) is 10.1. The molecule has 4 rings (SSSR count). The number of nitrogens with zero attached hydrogens (tertiary/aromatic N) is 4. The quantitative estimate of drug-likeness (QED) is 0.809. The minimum atomic E-state index is -0.0764. The highest BCUT2D eigenvalue weighted by Crippen LogP contribution is 2.25. The molecule has 0 saturated carbocycles. The average Bonchev–Trinajstić information content (AvgIpc) is 2.76. The zero-order valence-electron chi connectivity index (χ0n) is 17.0. The monoisotopic (exact) mass is 390 g/mol. The third kappa shape index (κ3) is 3.88. The molecular weight excluding hydrogens is 364 g/mol. The van der Waals surface area contributed by atoms with E-state index in [2.05, 4.69) is 42.0 Å². The van der Waals surface area contributed by atoms with E-state index < -0.39 is 0 Å². The summed E-state index contributed by atoms with van der Waals surface area (Å²) in [5.74, 6) is -0.133. The van der Waals surface area contributed by atoms with Gasteiger partial charge in [-0.05, 0) is 43.2 Å². The first-order chi connectivity index (χ1) is 14.0. The fourth-order valence-corrected chi connectivity index (χ4v) is 3.89. The maximum atomic E-state index is 13.0. The van der Waals surface area contributed by atoms with Crippen LogP contribution >= 0.6 is 0 Å². The first-order valence-electron chi connectivity index (χ1n) is 10.1. The van der Waals surface area contributed by atoms with E-state index in [4.69, 9.17) is 0 Å². The second kappa shape index (κ2) is 8.07. The highest BCUT2D eigenvalue weighted by molar-refractivity contribution is 6.40. The molecule has 2 heterocycles. The molecule has 0 bridgehead atoms. The lowest BCUT2D eigenvalue weighted by Crippen LogP contribution is -2.51. The number of hydrogen-bond acceptors (Lipinski definition) is 4. The van der Waals surface area contributed by atoms with Gasteiger partial charge in [0.05, 0.1) is 5.69 Å². The topological polar surface area (TPSA) is 56.2 Å². The molecule has 29 heavy (non-hydrogen) atoms. The summed E-state index contributed by atoms with van der Waals surface area (Å²) in [6.45, 7) is 7.18. The normalized spacial score (nSPS) is 17.4. The Kier molecular flexibility index (Phi) is 5.34. The standard InChI is InChI=1S/C23H26N4O2/c1-17-7-6-10-21(18(17)2)25-13-15-26(16-14-25)23(29)20-11-12-22(28)27(24-20)19-8-4-3-5-9-19/h3-10H,11-16H2,1-2H3. The molecule has 6 heteroatoms. The summed E-state index contributed by atoms with van der Waals surface area (Å²) in [4.78, 5) is 29.5. The van der Waals surface area contributed by atoms with Gasteiger partial charge in [-0.15, -0.1) is 0 Å². The molecule has 0 radical (unpaired) electrons. The van der Waals surface area contributed by atoms with Crippen LogP contribution in [0.1, 0.15) is 24.0 Å². The minimum absolute atomic E-state index is 0.0564. The summed E-state index contributed by atoms with van der Waals surface area (Å²) < 4.78 is 0. The number of aryl methyl sites for hydroxylation is 1. The Morgan fingerprint density at radius 2 is 1.62 bits per heavy atom. The molecule has 0 N–H and O–H groups in total. The van der Waals surface area contributed by atoms with Crippen molar-refractivity contribution >= 4 is 28.9 Å². The van der Waals surface area contributed by atoms with Gasteiger partial charge >= 0.3 is 0 Å². The van der Waals surface area contributed by atoms with Crippen molar-refractivity contribution < 1.29 is 9.59 Å². The highest BCUT2D eigenvalue weighted by Gasteiger charge is 2.30. The second-order valence-corrected chi connectivity index (χ2v) is 7.59. The van der Waals surface area contributed by atoms with Crippen LogP contribution in [0, 0.1) is 13.8 Å². The number of benzene rings is 2. The molecule has 0 spiro atoms. The van der Waals surface area contributed by atoms with Crippen LogP contribution < -0.4 is 9.91 Å². The number of hydrazone groups is 1. The average molecular weight is 390 g/mol. The van der Waals surface area contributed by atoms with Gasteiger partial charge in [0, 0.05) is 44.7 Å². The minimum Gasteiger partial charge on any atom is -0.368 e. The molecule has 0 aromatic heterocycles. The summed E-state index contributed by atoms with van der Waals surface area (Å²) in [7, 11) is 0. The summed E-state index contributed by atoms with van der Waals surface area (Å²) >= 11 is 0. The molecule has 150 valence electrons. The zero-order valence-corrected chi connectivity index (χ0v) is 17.0. The van der Waals surface area contributed by atoms with E-state index in [1.165, 1.54) is 21.8 Å². The number of carbonyl (C=O) groups excluding carboxylic acids is 2. The van der Waals surface area contributed by atoms with Crippen LogP contribution in [-0.2, 0) is 9.59 Å². The van der Waals surface area contributed by atoms with E-state index in [0.717, 1.165) is 13.1 Å². The number of anilines is 2. The molecule has 6 nitrogen and oxygen atoms in total. The van der Waals surface area contributed by atoms with Gasteiger partial charge in [-0.25, -0.2) is 5.01 Å². The smallest absolute Gasteiger partial charge is 0.270 e. The van der Waals surface area contributed by atoms with Gasteiger partial charge in [0.25, 0.3) is 5.91 Å². The lowest BCUT2D eigenvalue weighted by molar-refractivity contribution is -0.124. The van der Waals surface area contributed by atoms with Gasteiger partial charge < -0.3 is 9.80 Å². The van der Waals surface area contributed by atoms with Crippen LogP contribution in [0.2, 0.25) is 0 Å². The van der Waals surface area contributed by atoms with Crippen molar-refractivity contribution in [1.82, 2.24) is 4.90 Å². The predicted molar refractivity (Wildman–Crippen MR) is 115 cm³/mol. The lowest BCUT2D eigenvalue weighted by Gasteiger charge is -2.37. The van der Waals surface area contributed by atoms with Crippen molar-refractivity contribution in [2.24, 2.45) is 5.10 Å². The maximum Gasteiger partial charge on any atom is 0.270 e. The highest BCUT2D eigenvalue weighted by atomic mass is 16.2. The van der Waals surface area contributed by atoms with Crippen molar-refractivity contribution in [2.75, 3.05) is 36.1 Å². The van der Waals surface area contributed by atoms with Crippen LogP contribution in [0.25, 0.3) is 0 Å². The Bertz CT molecular complexity index is 947. The number of carbonyl (C=O) groups is 2. The third-order valence-electron chi connectivity index (χ3n) is 5.76. The number of amides is 2.